The van der Waals surface area contributed by atoms with E-state index in [9.17, 15) is 9.59 Å². The molecule has 4 aliphatic carbocycles. The van der Waals surface area contributed by atoms with E-state index in [0.717, 1.165) is 12.8 Å². The number of amides is 2. The lowest BCUT2D eigenvalue weighted by atomic mass is 9.82. The molecule has 4 heteroatoms. The Hall–Kier alpha value is -1.32. The molecule has 4 nitrogen and oxygen atoms in total. The zero-order valence-electron chi connectivity index (χ0n) is 30.8. The number of unbranched alkanes of at least 4 members (excludes halogenated alkanes) is 8. The monoisotopic (exact) mass is 651 g/mol. The van der Waals surface area contributed by atoms with E-state index < -0.39 is 11.9 Å². The first-order chi connectivity index (χ1) is 23.0. The van der Waals surface area contributed by atoms with Crippen molar-refractivity contribution in [2.24, 2.45) is 28.1 Å². The summed E-state index contributed by atoms with van der Waals surface area (Å²) in [5.41, 5.74) is 7.74. The molecule has 2 radical (unpaired) electrons. The molecule has 1 spiro atoms. The fourth-order valence-corrected chi connectivity index (χ4v) is 11.4. The van der Waals surface area contributed by atoms with E-state index in [2.05, 4.69) is 31.3 Å². The lowest BCUT2D eigenvalue weighted by Crippen LogP contribution is -2.44. The van der Waals surface area contributed by atoms with Crippen LogP contribution in [0.25, 0.3) is 0 Å². The zero-order valence-corrected chi connectivity index (χ0v) is 30.8. The van der Waals surface area contributed by atoms with Gasteiger partial charge in [-0.15, -0.1) is 0 Å². The van der Waals surface area contributed by atoms with Gasteiger partial charge in [0.1, 0.15) is 6.04 Å². The molecule has 0 aliphatic heterocycles. The molecule has 0 saturated heterocycles. The van der Waals surface area contributed by atoms with Gasteiger partial charge in [-0.05, 0) is 87.4 Å². The summed E-state index contributed by atoms with van der Waals surface area (Å²) in [4.78, 5) is 26.7. The van der Waals surface area contributed by atoms with Crippen LogP contribution in [-0.2, 0) is 9.59 Å². The molecule has 6 unspecified atom stereocenters. The summed E-state index contributed by atoms with van der Waals surface area (Å²) >= 11 is 0. The van der Waals surface area contributed by atoms with Crippen molar-refractivity contribution in [2.75, 3.05) is 0 Å². The number of hydrogen-bond donors (Lipinski definition) is 1. The Morgan fingerprint density at radius 1 is 0.681 bits per heavy atom. The molecule has 2 N–H and O–H groups in total. The summed E-state index contributed by atoms with van der Waals surface area (Å²) in [6.45, 7) is 6.20. The first kappa shape index (κ1) is 38.5. The molecule has 4 fully saturated rings. The van der Waals surface area contributed by atoms with Gasteiger partial charge in [0.25, 0.3) is 5.91 Å². The van der Waals surface area contributed by atoms with Gasteiger partial charge >= 0.3 is 0 Å². The van der Waals surface area contributed by atoms with E-state index in [1.165, 1.54) is 186 Å². The minimum atomic E-state index is -0.958. The average molecular weight is 651 g/mol. The van der Waals surface area contributed by atoms with Gasteiger partial charge in [-0.3, -0.25) is 15.3 Å². The maximum Gasteiger partial charge on any atom is 0.260 e. The Balaban J connectivity index is 1.53. The molecule has 6 atom stereocenters. The van der Waals surface area contributed by atoms with Gasteiger partial charge in [-0.1, -0.05) is 160 Å². The summed E-state index contributed by atoms with van der Waals surface area (Å²) in [5.74, 6) is 0.410. The highest BCUT2D eigenvalue weighted by Crippen LogP contribution is 2.98. The fourth-order valence-electron chi connectivity index (χ4n) is 11.4. The number of carbonyl (C=O) groups excluding carboxylic acids is 2. The van der Waals surface area contributed by atoms with E-state index in [-0.39, 0.29) is 22.2 Å². The average Bonchev–Trinajstić information content (AvgIpc) is 3.84. The first-order valence-electron chi connectivity index (χ1n) is 21.0. The van der Waals surface area contributed by atoms with Crippen molar-refractivity contribution in [3.05, 3.63) is 19.1 Å². The predicted molar refractivity (Wildman–Crippen MR) is 198 cm³/mol. The summed E-state index contributed by atoms with van der Waals surface area (Å²) in [7, 11) is 0. The van der Waals surface area contributed by atoms with E-state index in [0.29, 0.717) is 11.8 Å². The molecule has 0 aromatic heterocycles. The molecule has 0 heterocycles. The largest absolute Gasteiger partial charge is 0.344 e. The fraction of sp³-hybridized carbons (Fsp3) is 0.884. The number of nitrogens with one attached hydrogen (secondary N) is 2. The molecule has 0 bridgehead atoms. The second-order valence-corrected chi connectivity index (χ2v) is 16.5. The summed E-state index contributed by atoms with van der Waals surface area (Å²) in [6.07, 6.45) is 45.0. The smallest absolute Gasteiger partial charge is 0.260 e. The number of allylic oxidation sites excluding steroid dienone is 2. The molecule has 0 aromatic rings. The van der Waals surface area contributed by atoms with Crippen molar-refractivity contribution in [3.63, 3.8) is 0 Å². The van der Waals surface area contributed by atoms with E-state index in [1.54, 1.807) is 0 Å². The van der Waals surface area contributed by atoms with Gasteiger partial charge in [0.15, 0.2) is 0 Å². The van der Waals surface area contributed by atoms with Crippen LogP contribution in [0.4, 0.5) is 0 Å². The first-order valence-corrected chi connectivity index (χ1v) is 21.0. The van der Waals surface area contributed by atoms with E-state index in [4.69, 9.17) is 5.73 Å². The van der Waals surface area contributed by atoms with Crippen LogP contribution in [0.2, 0.25) is 0 Å². The van der Waals surface area contributed by atoms with E-state index >= 15 is 0 Å². The SMILES string of the molecule is [CH2]C(NC(=O)C12CCCCCCCCCCC1C21C2CCCCCCCCCCC21CCCC/C=C\CCCCCCCC)C([NH])=O. The number of hydrogen-bond acceptors (Lipinski definition) is 2. The van der Waals surface area contributed by atoms with Crippen molar-refractivity contribution in [1.82, 2.24) is 11.1 Å². The number of carbonyl (C=O) groups is 2. The number of fused-ring (bicyclic) bond motifs is 6. The highest BCUT2D eigenvalue weighted by Gasteiger charge is 2.97. The minimum absolute atomic E-state index is 0.0916. The Morgan fingerprint density at radius 2 is 1.17 bits per heavy atom. The maximum absolute atomic E-state index is 14.6. The molecule has 4 saturated carbocycles. The Morgan fingerprint density at radius 3 is 1.77 bits per heavy atom. The van der Waals surface area contributed by atoms with Gasteiger partial charge in [0, 0.05) is 0 Å². The van der Waals surface area contributed by atoms with Crippen molar-refractivity contribution >= 4 is 11.8 Å². The molecule has 2 amide bonds. The zero-order chi connectivity index (χ0) is 33.4. The van der Waals surface area contributed by atoms with Crippen molar-refractivity contribution < 1.29 is 9.59 Å². The standard InChI is InChI=1S/C43H74N2O2/c1-3-4-5-6-7-8-9-10-13-18-23-28-33-41-34-29-24-19-14-11-16-21-26-31-37(41)43(41)38-32-27-22-17-12-15-20-25-30-35-42(38,43)40(47)45-36(2)39(44)46/h10,13,36-38,44H,2-9,11-12,14-35H2,1H3,(H,45,47)/b13-10-. The summed E-state index contributed by atoms with van der Waals surface area (Å²) < 4.78 is 0. The third-order valence-corrected chi connectivity index (χ3v) is 13.6. The predicted octanol–water partition coefficient (Wildman–Crippen LogP) is 12.0. The molecule has 47 heavy (non-hydrogen) atoms. The Kier molecular flexibility index (Phi) is 16.2. The Bertz CT molecular complexity index is 961. The van der Waals surface area contributed by atoms with Crippen molar-refractivity contribution in [1.29, 1.82) is 0 Å². The second kappa shape index (κ2) is 19.8. The van der Waals surface area contributed by atoms with Gasteiger partial charge in [0.05, 0.1) is 5.41 Å². The van der Waals surface area contributed by atoms with E-state index in [1.807, 2.05) is 0 Å². The summed E-state index contributed by atoms with van der Waals surface area (Å²) in [5, 5.41) is 3.06. The minimum Gasteiger partial charge on any atom is -0.344 e. The van der Waals surface area contributed by atoms with Crippen LogP contribution in [0, 0.1) is 35.0 Å². The van der Waals surface area contributed by atoms with Gasteiger partial charge in [-0.25, -0.2) is 0 Å². The molecular formula is C43H74N2O2. The lowest BCUT2D eigenvalue weighted by Gasteiger charge is -2.24. The van der Waals surface area contributed by atoms with Crippen LogP contribution in [-0.4, -0.2) is 17.9 Å². The maximum atomic E-state index is 14.6. The molecule has 268 valence electrons. The number of rotatable bonds is 15. The highest BCUT2D eigenvalue weighted by molar-refractivity contribution is 5.94. The van der Waals surface area contributed by atoms with Crippen LogP contribution in [0.3, 0.4) is 0 Å². The van der Waals surface area contributed by atoms with Gasteiger partial charge < -0.3 is 5.32 Å². The molecule has 0 aromatic carbocycles. The summed E-state index contributed by atoms with van der Waals surface area (Å²) in [6, 6.07) is -0.958. The molecule has 4 rings (SSSR count). The van der Waals surface area contributed by atoms with Gasteiger partial charge in [-0.2, -0.15) is 0 Å². The van der Waals surface area contributed by atoms with Crippen molar-refractivity contribution in [2.45, 2.75) is 212 Å². The molecule has 4 aliphatic rings. The lowest BCUT2D eigenvalue weighted by molar-refractivity contribution is -0.131. The van der Waals surface area contributed by atoms with Crippen LogP contribution < -0.4 is 11.1 Å². The van der Waals surface area contributed by atoms with Crippen LogP contribution >= 0.6 is 0 Å². The third kappa shape index (κ3) is 9.27. The van der Waals surface area contributed by atoms with Crippen molar-refractivity contribution in [3.8, 4) is 0 Å². The third-order valence-electron chi connectivity index (χ3n) is 13.6. The topological polar surface area (TPSA) is 70.0 Å². The van der Waals surface area contributed by atoms with Gasteiger partial charge in [0.2, 0.25) is 5.91 Å². The molecular weight excluding hydrogens is 576 g/mol. The van der Waals surface area contributed by atoms with Crippen LogP contribution in [0.5, 0.6) is 0 Å². The highest BCUT2D eigenvalue weighted by atomic mass is 16.2. The Labute approximate surface area is 291 Å². The second-order valence-electron chi connectivity index (χ2n) is 16.5. The normalized spacial score (nSPS) is 32.9. The van der Waals surface area contributed by atoms with Crippen LogP contribution in [0.15, 0.2) is 12.2 Å². The van der Waals surface area contributed by atoms with Crippen LogP contribution in [0.1, 0.15) is 206 Å². The quantitative estimate of drug-likeness (QED) is 0.141.